The number of methoxy groups -OCH3 is 1. The zero-order valence-electron chi connectivity index (χ0n) is 17.1. The molecule has 8 heteroatoms. The lowest BCUT2D eigenvalue weighted by atomic mass is 10.0. The predicted molar refractivity (Wildman–Crippen MR) is 120 cm³/mol. The van der Waals surface area contributed by atoms with Gasteiger partial charge in [-0.1, -0.05) is 6.07 Å². The Kier molecular flexibility index (Phi) is 12.4. The Bertz CT molecular complexity index is 598. The van der Waals surface area contributed by atoms with Crippen molar-refractivity contribution in [1.29, 1.82) is 0 Å². The molecule has 0 bridgehead atoms. The molecule has 160 valence electrons. The zero-order chi connectivity index (χ0) is 19.5. The van der Waals surface area contributed by atoms with Crippen LogP contribution in [0, 0.1) is 11.7 Å². The molecule has 1 aromatic carbocycles. The summed E-state index contributed by atoms with van der Waals surface area (Å²) in [6.45, 7) is 4.60. The summed E-state index contributed by atoms with van der Waals surface area (Å²) in [6.07, 6.45) is 3.11. The number of hydrogen-bond donors (Lipinski definition) is 1. The molecule has 6 nitrogen and oxygen atoms in total. The van der Waals surface area contributed by atoms with Gasteiger partial charge in [0.1, 0.15) is 0 Å². The van der Waals surface area contributed by atoms with E-state index >= 15 is 0 Å². The Morgan fingerprint density at radius 3 is 2.75 bits per heavy atom. The Morgan fingerprint density at radius 1 is 1.36 bits per heavy atom. The number of rotatable bonds is 9. The summed E-state index contributed by atoms with van der Waals surface area (Å²) in [6, 6.07) is 4.99. The molecule has 1 fully saturated rings. The number of guanidine groups is 1. The maximum atomic E-state index is 13.8. The van der Waals surface area contributed by atoms with Gasteiger partial charge in [0, 0.05) is 53.6 Å². The van der Waals surface area contributed by atoms with Gasteiger partial charge in [-0.05, 0) is 42.9 Å². The molecular weight excluding hydrogens is 476 g/mol. The molecule has 0 spiro atoms. The van der Waals surface area contributed by atoms with E-state index in [0.717, 1.165) is 63.8 Å². The van der Waals surface area contributed by atoms with Crippen LogP contribution in [0.2, 0.25) is 0 Å². The molecule has 1 saturated heterocycles. The van der Waals surface area contributed by atoms with Crippen LogP contribution in [0.3, 0.4) is 0 Å². The Hall–Kier alpha value is -1.13. The van der Waals surface area contributed by atoms with Gasteiger partial charge in [0.05, 0.1) is 7.11 Å². The lowest BCUT2D eigenvalue weighted by molar-refractivity contribution is 0.0203. The fourth-order valence-electron chi connectivity index (χ4n) is 3.08. The summed E-state index contributed by atoms with van der Waals surface area (Å²) < 4.78 is 29.9. The summed E-state index contributed by atoms with van der Waals surface area (Å²) in [5.41, 5.74) is 0.860. The van der Waals surface area contributed by atoms with E-state index in [2.05, 4.69) is 10.3 Å². The summed E-state index contributed by atoms with van der Waals surface area (Å²) >= 11 is 0. The van der Waals surface area contributed by atoms with Crippen molar-refractivity contribution >= 4 is 29.9 Å². The molecule has 1 heterocycles. The van der Waals surface area contributed by atoms with E-state index < -0.39 is 0 Å². The second kappa shape index (κ2) is 13.9. The molecule has 0 saturated carbocycles. The standard InChI is InChI=1S/C20H32FN3O3.HI/c1-22-20(23-9-4-10-27-15-16-7-11-26-12-8-16)24(2)14-17-5-6-19(25-3)18(21)13-17;/h5-6,13,16H,4,7-12,14-15H2,1-3H3,(H,22,23);1H. The fraction of sp³-hybridized carbons (Fsp3) is 0.650. The van der Waals surface area contributed by atoms with Gasteiger partial charge in [0.25, 0.3) is 0 Å². The molecule has 28 heavy (non-hydrogen) atoms. The Balaban J connectivity index is 0.00000392. The van der Waals surface area contributed by atoms with E-state index in [4.69, 9.17) is 14.2 Å². The number of nitrogens with zero attached hydrogens (tertiary/aromatic N) is 2. The second-order valence-corrected chi connectivity index (χ2v) is 6.78. The van der Waals surface area contributed by atoms with Crippen molar-refractivity contribution in [2.24, 2.45) is 10.9 Å². The van der Waals surface area contributed by atoms with Crippen LogP contribution in [0.5, 0.6) is 5.75 Å². The number of ether oxygens (including phenoxy) is 3. The highest BCUT2D eigenvalue weighted by Crippen LogP contribution is 2.18. The molecule has 0 aromatic heterocycles. The third-order valence-electron chi connectivity index (χ3n) is 4.65. The van der Waals surface area contributed by atoms with Crippen LogP contribution in [-0.4, -0.2) is 65.0 Å². The summed E-state index contributed by atoms with van der Waals surface area (Å²) in [5, 5.41) is 3.32. The van der Waals surface area contributed by atoms with Crippen LogP contribution in [0.4, 0.5) is 4.39 Å². The number of aliphatic imine (C=N–C) groups is 1. The van der Waals surface area contributed by atoms with E-state index in [9.17, 15) is 4.39 Å². The lowest BCUT2D eigenvalue weighted by Gasteiger charge is -2.23. The molecule has 1 aliphatic heterocycles. The van der Waals surface area contributed by atoms with Gasteiger partial charge in [0.2, 0.25) is 0 Å². The summed E-state index contributed by atoms with van der Waals surface area (Å²) in [4.78, 5) is 6.25. The first-order valence-corrected chi connectivity index (χ1v) is 9.53. The molecule has 0 aliphatic carbocycles. The highest BCUT2D eigenvalue weighted by molar-refractivity contribution is 14.0. The van der Waals surface area contributed by atoms with E-state index in [1.165, 1.54) is 13.2 Å². The minimum atomic E-state index is -0.354. The highest BCUT2D eigenvalue weighted by atomic mass is 127. The van der Waals surface area contributed by atoms with Gasteiger partial charge < -0.3 is 24.4 Å². The van der Waals surface area contributed by atoms with Crippen molar-refractivity contribution in [1.82, 2.24) is 10.2 Å². The third kappa shape index (κ3) is 8.48. The first-order valence-electron chi connectivity index (χ1n) is 9.53. The molecule has 2 rings (SSSR count). The monoisotopic (exact) mass is 509 g/mol. The average molecular weight is 509 g/mol. The minimum absolute atomic E-state index is 0. The molecule has 0 radical (unpaired) electrons. The summed E-state index contributed by atoms with van der Waals surface area (Å²) in [7, 11) is 5.14. The topological polar surface area (TPSA) is 55.3 Å². The summed E-state index contributed by atoms with van der Waals surface area (Å²) in [5.74, 6) is 1.31. The largest absolute Gasteiger partial charge is 0.494 e. The van der Waals surface area contributed by atoms with Gasteiger partial charge >= 0.3 is 0 Å². The van der Waals surface area contributed by atoms with Gasteiger partial charge in [-0.25, -0.2) is 4.39 Å². The smallest absolute Gasteiger partial charge is 0.193 e. The van der Waals surface area contributed by atoms with Crippen LogP contribution in [0.15, 0.2) is 23.2 Å². The third-order valence-corrected chi connectivity index (χ3v) is 4.65. The van der Waals surface area contributed by atoms with Crippen molar-refractivity contribution in [3.63, 3.8) is 0 Å². The second-order valence-electron chi connectivity index (χ2n) is 6.78. The minimum Gasteiger partial charge on any atom is -0.494 e. The first kappa shape index (κ1) is 24.9. The Morgan fingerprint density at radius 2 is 2.11 bits per heavy atom. The average Bonchev–Trinajstić information content (AvgIpc) is 2.68. The van der Waals surface area contributed by atoms with Gasteiger partial charge in [-0.3, -0.25) is 4.99 Å². The SMILES string of the molecule is CN=C(NCCCOCC1CCOCC1)N(C)Cc1ccc(OC)c(F)c1.I. The molecule has 0 unspecified atom stereocenters. The van der Waals surface area contributed by atoms with Gasteiger partial charge in [0.15, 0.2) is 17.5 Å². The molecule has 1 N–H and O–H groups in total. The van der Waals surface area contributed by atoms with Gasteiger partial charge in [-0.2, -0.15) is 0 Å². The normalized spacial score (nSPS) is 15.1. The van der Waals surface area contributed by atoms with Crippen LogP contribution in [0.1, 0.15) is 24.8 Å². The zero-order valence-corrected chi connectivity index (χ0v) is 19.4. The highest BCUT2D eigenvalue weighted by Gasteiger charge is 2.13. The quantitative estimate of drug-likeness (QED) is 0.240. The van der Waals surface area contributed by atoms with E-state index in [-0.39, 0.29) is 35.5 Å². The van der Waals surface area contributed by atoms with Crippen molar-refractivity contribution in [2.45, 2.75) is 25.8 Å². The first-order chi connectivity index (χ1) is 13.1. The van der Waals surface area contributed by atoms with Crippen molar-refractivity contribution in [2.75, 3.05) is 54.2 Å². The van der Waals surface area contributed by atoms with Gasteiger partial charge in [-0.15, -0.1) is 24.0 Å². The van der Waals surface area contributed by atoms with Crippen LogP contribution in [0.25, 0.3) is 0 Å². The number of halogens is 2. The molecular formula is C20H33FIN3O3. The van der Waals surface area contributed by atoms with E-state index in [0.29, 0.717) is 12.5 Å². The number of nitrogens with one attached hydrogen (secondary N) is 1. The predicted octanol–water partition coefficient (Wildman–Crippen LogP) is 3.29. The molecule has 0 atom stereocenters. The molecule has 1 aliphatic rings. The van der Waals surface area contributed by atoms with Crippen LogP contribution < -0.4 is 10.1 Å². The van der Waals surface area contributed by atoms with Crippen molar-refractivity contribution < 1.29 is 18.6 Å². The van der Waals surface area contributed by atoms with E-state index in [1.807, 2.05) is 18.0 Å². The van der Waals surface area contributed by atoms with Crippen molar-refractivity contribution in [3.8, 4) is 5.75 Å². The lowest BCUT2D eigenvalue weighted by Crippen LogP contribution is -2.39. The Labute approximate surface area is 184 Å². The number of benzene rings is 1. The number of hydrogen-bond acceptors (Lipinski definition) is 4. The van der Waals surface area contributed by atoms with Crippen molar-refractivity contribution in [3.05, 3.63) is 29.6 Å². The molecule has 1 aromatic rings. The van der Waals surface area contributed by atoms with Crippen LogP contribution in [-0.2, 0) is 16.0 Å². The maximum Gasteiger partial charge on any atom is 0.193 e. The van der Waals surface area contributed by atoms with Crippen LogP contribution >= 0.6 is 24.0 Å². The maximum absolute atomic E-state index is 13.8. The fourth-order valence-corrected chi connectivity index (χ4v) is 3.08. The van der Waals surface area contributed by atoms with E-state index in [1.54, 1.807) is 13.1 Å². The molecule has 0 amide bonds.